The first kappa shape index (κ1) is 16.6. The van der Waals surface area contributed by atoms with Gasteiger partial charge in [-0.3, -0.25) is 4.90 Å². The monoisotopic (exact) mass is 352 g/mol. The molecule has 0 spiro atoms. The molecule has 1 aromatic carbocycles. The molecular weight excluding hydrogens is 333 g/mol. The summed E-state index contributed by atoms with van der Waals surface area (Å²) in [5.74, 6) is 0.832. The third kappa shape index (κ3) is 3.43. The lowest BCUT2D eigenvalue weighted by atomic mass is 10.00. The standard InChI is InChI=1S/C18H19F3N2O2/c19-18(20,21)13-5-3-12(4-6-13)17-15-11-23(8-7-16(15)25-22-17)10-14-2-1-9-24-14/h3-6,14H,1-2,7-11H2/t14-/m0/s1. The lowest BCUT2D eigenvalue weighted by molar-refractivity contribution is -0.137. The summed E-state index contributed by atoms with van der Waals surface area (Å²) in [5.41, 5.74) is 1.61. The van der Waals surface area contributed by atoms with E-state index in [9.17, 15) is 13.2 Å². The fourth-order valence-corrected chi connectivity index (χ4v) is 3.54. The van der Waals surface area contributed by atoms with E-state index in [1.165, 1.54) is 12.1 Å². The highest BCUT2D eigenvalue weighted by Crippen LogP contribution is 2.34. The molecule has 4 rings (SSSR count). The number of alkyl halides is 3. The van der Waals surface area contributed by atoms with Crippen molar-refractivity contribution in [3.63, 3.8) is 0 Å². The molecule has 1 aromatic heterocycles. The molecular formula is C18H19F3N2O2. The molecule has 4 nitrogen and oxygen atoms in total. The quantitative estimate of drug-likeness (QED) is 0.840. The Balaban J connectivity index is 1.54. The van der Waals surface area contributed by atoms with E-state index < -0.39 is 11.7 Å². The van der Waals surface area contributed by atoms with E-state index in [-0.39, 0.29) is 6.10 Å². The van der Waals surface area contributed by atoms with Crippen LogP contribution in [-0.4, -0.2) is 35.9 Å². The van der Waals surface area contributed by atoms with Gasteiger partial charge in [-0.2, -0.15) is 13.2 Å². The van der Waals surface area contributed by atoms with Crippen LogP contribution in [0.1, 0.15) is 29.7 Å². The summed E-state index contributed by atoms with van der Waals surface area (Å²) >= 11 is 0. The third-order valence-electron chi connectivity index (χ3n) is 4.88. The van der Waals surface area contributed by atoms with Crippen LogP contribution < -0.4 is 0 Å². The molecule has 25 heavy (non-hydrogen) atoms. The maximum absolute atomic E-state index is 12.7. The molecule has 0 aliphatic carbocycles. The van der Waals surface area contributed by atoms with Crippen molar-refractivity contribution in [3.8, 4) is 11.3 Å². The van der Waals surface area contributed by atoms with Crippen LogP contribution in [0.25, 0.3) is 11.3 Å². The predicted octanol–water partition coefficient (Wildman–Crippen LogP) is 3.90. The fourth-order valence-electron chi connectivity index (χ4n) is 3.54. The Labute approximate surface area is 143 Å². The van der Waals surface area contributed by atoms with Crippen LogP contribution in [0.2, 0.25) is 0 Å². The van der Waals surface area contributed by atoms with E-state index in [1.807, 2.05) is 0 Å². The van der Waals surface area contributed by atoms with Crippen LogP contribution in [0.3, 0.4) is 0 Å². The molecule has 2 aliphatic heterocycles. The number of hydrogen-bond acceptors (Lipinski definition) is 4. The first-order valence-corrected chi connectivity index (χ1v) is 8.50. The highest BCUT2D eigenvalue weighted by molar-refractivity contribution is 5.64. The normalized spacial score (nSPS) is 21.5. The molecule has 1 saturated heterocycles. The van der Waals surface area contributed by atoms with Gasteiger partial charge in [0, 0.05) is 43.8 Å². The molecule has 0 radical (unpaired) electrons. The topological polar surface area (TPSA) is 38.5 Å². The number of benzene rings is 1. The fraction of sp³-hybridized carbons (Fsp3) is 0.500. The van der Waals surface area contributed by atoms with E-state index in [4.69, 9.17) is 9.26 Å². The van der Waals surface area contributed by atoms with E-state index in [1.54, 1.807) is 0 Å². The second-order valence-electron chi connectivity index (χ2n) is 6.63. The van der Waals surface area contributed by atoms with E-state index in [2.05, 4.69) is 10.1 Å². The molecule has 2 aromatic rings. The summed E-state index contributed by atoms with van der Waals surface area (Å²) in [7, 11) is 0. The van der Waals surface area contributed by atoms with Gasteiger partial charge in [0.1, 0.15) is 11.5 Å². The summed E-state index contributed by atoms with van der Waals surface area (Å²) < 4.78 is 49.3. The molecule has 0 unspecified atom stereocenters. The maximum Gasteiger partial charge on any atom is 0.416 e. The first-order valence-electron chi connectivity index (χ1n) is 8.50. The van der Waals surface area contributed by atoms with Gasteiger partial charge < -0.3 is 9.26 Å². The Bertz CT molecular complexity index is 734. The minimum absolute atomic E-state index is 0.274. The second-order valence-corrected chi connectivity index (χ2v) is 6.63. The molecule has 0 bridgehead atoms. The maximum atomic E-state index is 12.7. The molecule has 0 amide bonds. The summed E-state index contributed by atoms with van der Waals surface area (Å²) in [6.07, 6.45) is -1.11. The number of nitrogens with zero attached hydrogens (tertiary/aromatic N) is 2. The molecule has 0 saturated carbocycles. The van der Waals surface area contributed by atoms with Crippen molar-refractivity contribution in [2.75, 3.05) is 19.7 Å². The summed E-state index contributed by atoms with van der Waals surface area (Å²) in [6, 6.07) is 5.09. The van der Waals surface area contributed by atoms with E-state index in [0.29, 0.717) is 17.8 Å². The lowest BCUT2D eigenvalue weighted by Crippen LogP contribution is -2.36. The van der Waals surface area contributed by atoms with Crippen molar-refractivity contribution >= 4 is 0 Å². The third-order valence-corrected chi connectivity index (χ3v) is 4.88. The SMILES string of the molecule is FC(F)(F)c1ccc(-c2noc3c2CN(C[C@@H]2CCCO2)CC3)cc1. The van der Waals surface area contributed by atoms with Crippen molar-refractivity contribution in [2.24, 2.45) is 0 Å². The zero-order valence-corrected chi connectivity index (χ0v) is 13.7. The average molecular weight is 352 g/mol. The van der Waals surface area contributed by atoms with Crippen molar-refractivity contribution < 1.29 is 22.4 Å². The van der Waals surface area contributed by atoms with Gasteiger partial charge in [-0.05, 0) is 25.0 Å². The number of fused-ring (bicyclic) bond motifs is 1. The number of aromatic nitrogens is 1. The van der Waals surface area contributed by atoms with Crippen LogP contribution in [0, 0.1) is 0 Å². The summed E-state index contributed by atoms with van der Waals surface area (Å²) in [5, 5.41) is 4.11. The predicted molar refractivity (Wildman–Crippen MR) is 84.9 cm³/mol. The second kappa shape index (κ2) is 6.46. The highest BCUT2D eigenvalue weighted by atomic mass is 19.4. The van der Waals surface area contributed by atoms with Crippen molar-refractivity contribution in [2.45, 2.75) is 38.1 Å². The van der Waals surface area contributed by atoms with Gasteiger partial charge >= 0.3 is 6.18 Å². The van der Waals surface area contributed by atoms with Crippen molar-refractivity contribution in [1.29, 1.82) is 0 Å². The average Bonchev–Trinajstić information content (AvgIpc) is 3.23. The number of hydrogen-bond donors (Lipinski definition) is 0. The Morgan fingerprint density at radius 1 is 1.20 bits per heavy atom. The minimum Gasteiger partial charge on any atom is -0.377 e. The Hall–Kier alpha value is -1.86. The molecule has 1 fully saturated rings. The van der Waals surface area contributed by atoms with Gasteiger partial charge in [-0.1, -0.05) is 17.3 Å². The van der Waals surface area contributed by atoms with Crippen molar-refractivity contribution in [1.82, 2.24) is 10.1 Å². The van der Waals surface area contributed by atoms with Gasteiger partial charge in [-0.15, -0.1) is 0 Å². The van der Waals surface area contributed by atoms with Crippen LogP contribution in [-0.2, 0) is 23.9 Å². The van der Waals surface area contributed by atoms with Crippen LogP contribution in [0.15, 0.2) is 28.8 Å². The minimum atomic E-state index is -4.33. The highest BCUT2D eigenvalue weighted by Gasteiger charge is 2.31. The molecule has 0 N–H and O–H groups in total. The van der Waals surface area contributed by atoms with Crippen LogP contribution in [0.4, 0.5) is 13.2 Å². The Kier molecular flexibility index (Phi) is 4.29. The van der Waals surface area contributed by atoms with Crippen LogP contribution in [0.5, 0.6) is 0 Å². The lowest BCUT2D eigenvalue weighted by Gasteiger charge is -2.28. The molecule has 1 atom stereocenters. The molecule has 7 heteroatoms. The van der Waals surface area contributed by atoms with Gasteiger partial charge in [0.05, 0.1) is 11.7 Å². The summed E-state index contributed by atoms with van der Waals surface area (Å²) in [6.45, 7) is 3.27. The molecule has 134 valence electrons. The smallest absolute Gasteiger partial charge is 0.377 e. The van der Waals surface area contributed by atoms with Crippen LogP contribution >= 0.6 is 0 Å². The Morgan fingerprint density at radius 2 is 2.00 bits per heavy atom. The van der Waals surface area contributed by atoms with E-state index >= 15 is 0 Å². The number of rotatable bonds is 3. The first-order chi connectivity index (χ1) is 12.0. The Morgan fingerprint density at radius 3 is 2.68 bits per heavy atom. The van der Waals surface area contributed by atoms with Crippen molar-refractivity contribution in [3.05, 3.63) is 41.2 Å². The molecule has 3 heterocycles. The van der Waals surface area contributed by atoms with Gasteiger partial charge in [0.25, 0.3) is 0 Å². The van der Waals surface area contributed by atoms with E-state index in [0.717, 1.165) is 62.4 Å². The number of ether oxygens (including phenoxy) is 1. The largest absolute Gasteiger partial charge is 0.416 e. The molecule has 2 aliphatic rings. The number of halogens is 3. The zero-order valence-electron chi connectivity index (χ0n) is 13.7. The summed E-state index contributed by atoms with van der Waals surface area (Å²) in [4.78, 5) is 2.31. The van der Waals surface area contributed by atoms with Gasteiger partial charge in [0.2, 0.25) is 0 Å². The zero-order chi connectivity index (χ0) is 17.4. The van der Waals surface area contributed by atoms with Gasteiger partial charge in [-0.25, -0.2) is 0 Å². The van der Waals surface area contributed by atoms with Gasteiger partial charge in [0.15, 0.2) is 0 Å².